The van der Waals surface area contributed by atoms with Gasteiger partial charge in [0.05, 0.1) is 11.7 Å². The topological polar surface area (TPSA) is 85.8 Å². The van der Waals surface area contributed by atoms with E-state index in [9.17, 15) is 9.18 Å². The molecule has 3 N–H and O–H groups in total. The van der Waals surface area contributed by atoms with Gasteiger partial charge in [0.2, 0.25) is 0 Å². The summed E-state index contributed by atoms with van der Waals surface area (Å²) in [4.78, 5) is 19.6. The Bertz CT molecular complexity index is 953. The molecule has 0 saturated carbocycles. The lowest BCUT2D eigenvalue weighted by Crippen LogP contribution is -2.21. The van der Waals surface area contributed by atoms with Crippen LogP contribution in [0.5, 0.6) is 0 Å². The fraction of sp³-hybridized carbons (Fsp3) is 0.250. The molecule has 0 radical (unpaired) electrons. The summed E-state index contributed by atoms with van der Waals surface area (Å²) < 4.78 is 16.2. The number of nitrogens with zero attached hydrogens (tertiary/aromatic N) is 3. The fourth-order valence-electron chi connectivity index (χ4n) is 2.98. The first kappa shape index (κ1) is 18.9. The number of aldehydes is 1. The first-order valence-corrected chi connectivity index (χ1v) is 8.66. The van der Waals surface area contributed by atoms with E-state index < -0.39 is 6.04 Å². The first-order valence-electron chi connectivity index (χ1n) is 8.66. The third kappa shape index (κ3) is 4.10. The number of aryl methyl sites for hydroxylation is 1. The molecule has 0 aliphatic carbocycles. The van der Waals surface area contributed by atoms with Crippen LogP contribution in [0.2, 0.25) is 0 Å². The van der Waals surface area contributed by atoms with Crippen LogP contribution in [0.4, 0.5) is 4.39 Å². The molecule has 3 aromatic rings. The van der Waals surface area contributed by atoms with Crippen molar-refractivity contribution in [3.05, 3.63) is 71.2 Å². The Kier molecular flexibility index (Phi) is 5.73. The van der Waals surface area contributed by atoms with Crippen LogP contribution < -0.4 is 11.1 Å². The molecular weight excluding hydrogens is 345 g/mol. The predicted octanol–water partition coefficient (Wildman–Crippen LogP) is 2.62. The van der Waals surface area contributed by atoms with Gasteiger partial charge in [0.25, 0.3) is 0 Å². The fourth-order valence-corrected chi connectivity index (χ4v) is 2.98. The van der Waals surface area contributed by atoms with Crippen LogP contribution in [0.25, 0.3) is 11.3 Å². The zero-order valence-corrected chi connectivity index (χ0v) is 15.3. The number of nitrogens with one attached hydrogen (secondary N) is 1. The highest BCUT2D eigenvalue weighted by atomic mass is 19.1. The van der Waals surface area contributed by atoms with E-state index in [-0.39, 0.29) is 5.82 Å². The van der Waals surface area contributed by atoms with Gasteiger partial charge in [-0.2, -0.15) is 0 Å². The van der Waals surface area contributed by atoms with Crippen molar-refractivity contribution in [3.63, 3.8) is 0 Å². The normalized spacial score (nSPS) is 12.1. The largest absolute Gasteiger partial charge is 0.345 e. The molecule has 0 amide bonds. The molecule has 1 aromatic carbocycles. The zero-order chi connectivity index (χ0) is 19.4. The third-order valence-corrected chi connectivity index (χ3v) is 4.35. The van der Waals surface area contributed by atoms with Gasteiger partial charge < -0.3 is 15.6 Å². The summed E-state index contributed by atoms with van der Waals surface area (Å²) in [6, 6.07) is 8.03. The maximum atomic E-state index is 14.3. The average molecular weight is 367 g/mol. The number of hydrogen-bond acceptors (Lipinski definition) is 5. The van der Waals surface area contributed by atoms with Gasteiger partial charge in [-0.3, -0.25) is 4.79 Å². The second-order valence-electron chi connectivity index (χ2n) is 6.42. The van der Waals surface area contributed by atoms with Crippen molar-refractivity contribution in [3.8, 4) is 11.3 Å². The van der Waals surface area contributed by atoms with Crippen molar-refractivity contribution >= 4 is 6.29 Å². The van der Waals surface area contributed by atoms with E-state index in [2.05, 4.69) is 15.3 Å². The van der Waals surface area contributed by atoms with Gasteiger partial charge in [-0.25, -0.2) is 14.4 Å². The highest BCUT2D eigenvalue weighted by Gasteiger charge is 2.17. The van der Waals surface area contributed by atoms with Gasteiger partial charge in [-0.1, -0.05) is 12.1 Å². The summed E-state index contributed by atoms with van der Waals surface area (Å²) >= 11 is 0. The number of halogens is 1. The molecule has 0 aliphatic rings. The molecule has 6 nitrogen and oxygen atoms in total. The van der Waals surface area contributed by atoms with Gasteiger partial charge >= 0.3 is 0 Å². The van der Waals surface area contributed by atoms with Crippen molar-refractivity contribution in [1.82, 2.24) is 19.9 Å². The summed E-state index contributed by atoms with van der Waals surface area (Å²) in [5.41, 5.74) is 9.58. The number of carbonyl (C=O) groups is 1. The zero-order valence-electron chi connectivity index (χ0n) is 15.3. The number of nitrogens with two attached hydrogens (primary N) is 1. The number of carbonyl (C=O) groups excluding carboxylic acids is 1. The molecule has 3 rings (SSSR count). The van der Waals surface area contributed by atoms with E-state index in [1.54, 1.807) is 31.3 Å². The lowest BCUT2D eigenvalue weighted by Gasteiger charge is -2.15. The van der Waals surface area contributed by atoms with E-state index in [4.69, 9.17) is 5.73 Å². The van der Waals surface area contributed by atoms with E-state index in [0.29, 0.717) is 42.0 Å². The average Bonchev–Trinajstić information content (AvgIpc) is 3.04. The minimum Gasteiger partial charge on any atom is -0.345 e. The molecule has 1 unspecified atom stereocenters. The highest BCUT2D eigenvalue weighted by molar-refractivity contribution is 5.73. The Balaban J connectivity index is 1.96. The smallest absolute Gasteiger partial charge is 0.168 e. The van der Waals surface area contributed by atoms with E-state index in [1.165, 1.54) is 6.07 Å². The summed E-state index contributed by atoms with van der Waals surface area (Å²) in [5, 5.41) is 3.10. The minimum atomic E-state index is -0.537. The van der Waals surface area contributed by atoms with Crippen LogP contribution in [0, 0.1) is 12.7 Å². The van der Waals surface area contributed by atoms with Crippen molar-refractivity contribution in [2.75, 3.05) is 7.05 Å². The van der Waals surface area contributed by atoms with Gasteiger partial charge in [0.1, 0.15) is 17.3 Å². The Hall–Kier alpha value is -2.90. The van der Waals surface area contributed by atoms with Crippen LogP contribution in [0.1, 0.15) is 33.5 Å². The molecule has 7 heteroatoms. The number of rotatable bonds is 7. The van der Waals surface area contributed by atoms with E-state index in [1.807, 2.05) is 23.9 Å². The maximum absolute atomic E-state index is 14.3. The van der Waals surface area contributed by atoms with Crippen LogP contribution >= 0.6 is 0 Å². The van der Waals surface area contributed by atoms with E-state index >= 15 is 0 Å². The molecule has 0 bridgehead atoms. The lowest BCUT2D eigenvalue weighted by atomic mass is 10.1. The monoisotopic (exact) mass is 367 g/mol. The number of hydrogen-bond donors (Lipinski definition) is 2. The van der Waals surface area contributed by atoms with Crippen molar-refractivity contribution in [2.45, 2.75) is 26.1 Å². The van der Waals surface area contributed by atoms with Crippen LogP contribution in [-0.2, 0) is 13.1 Å². The number of aromatic nitrogens is 3. The molecule has 2 aromatic heterocycles. The van der Waals surface area contributed by atoms with Crippen molar-refractivity contribution < 1.29 is 9.18 Å². The quantitative estimate of drug-likeness (QED) is 0.627. The van der Waals surface area contributed by atoms with Gasteiger partial charge in [0, 0.05) is 31.0 Å². The van der Waals surface area contributed by atoms with Gasteiger partial charge in [-0.05, 0) is 43.3 Å². The lowest BCUT2D eigenvalue weighted by molar-refractivity contribution is 0.111. The SMILES string of the molecule is CNCc1cc(-c2ccccc2F)n(CC(N)c2ncc(C)c(C=O)n2)c1. The highest BCUT2D eigenvalue weighted by Crippen LogP contribution is 2.26. The molecule has 0 fully saturated rings. The molecule has 27 heavy (non-hydrogen) atoms. The van der Waals surface area contributed by atoms with Crippen LogP contribution in [-0.4, -0.2) is 27.9 Å². The Labute approximate surface area is 157 Å². The Morgan fingerprint density at radius 1 is 1.37 bits per heavy atom. The summed E-state index contributed by atoms with van der Waals surface area (Å²) in [6.07, 6.45) is 4.22. The van der Waals surface area contributed by atoms with E-state index in [0.717, 1.165) is 11.3 Å². The molecule has 0 aliphatic heterocycles. The predicted molar refractivity (Wildman–Crippen MR) is 102 cm³/mol. The molecule has 2 heterocycles. The van der Waals surface area contributed by atoms with Crippen LogP contribution in [0.15, 0.2) is 42.7 Å². The second kappa shape index (κ2) is 8.20. The van der Waals surface area contributed by atoms with Gasteiger partial charge in [-0.15, -0.1) is 0 Å². The molecule has 0 spiro atoms. The number of benzene rings is 1. The summed E-state index contributed by atoms with van der Waals surface area (Å²) in [5.74, 6) is 0.0855. The van der Waals surface area contributed by atoms with Crippen molar-refractivity contribution in [1.29, 1.82) is 0 Å². The third-order valence-electron chi connectivity index (χ3n) is 4.35. The first-order chi connectivity index (χ1) is 13.0. The molecule has 140 valence electrons. The molecule has 1 atom stereocenters. The summed E-state index contributed by atoms with van der Waals surface area (Å²) in [6.45, 7) is 2.78. The Morgan fingerprint density at radius 2 is 2.15 bits per heavy atom. The maximum Gasteiger partial charge on any atom is 0.168 e. The second-order valence-corrected chi connectivity index (χ2v) is 6.42. The van der Waals surface area contributed by atoms with Crippen molar-refractivity contribution in [2.24, 2.45) is 5.73 Å². The van der Waals surface area contributed by atoms with Gasteiger partial charge in [0.15, 0.2) is 6.29 Å². The molecule has 0 saturated heterocycles. The molecular formula is C20H22FN5O. The standard InChI is InChI=1S/C20H22FN5O/c1-13-8-24-20(25-18(13)12-27)17(22)11-26-10-14(9-23-2)7-19(26)15-5-3-4-6-16(15)21/h3-8,10,12,17,23H,9,11,22H2,1-2H3. The summed E-state index contributed by atoms with van der Waals surface area (Å²) in [7, 11) is 1.85. The Morgan fingerprint density at radius 3 is 2.85 bits per heavy atom. The van der Waals surface area contributed by atoms with Crippen LogP contribution in [0.3, 0.4) is 0 Å². The minimum absolute atomic E-state index is 0.295.